The van der Waals surface area contributed by atoms with Gasteiger partial charge in [0.15, 0.2) is 0 Å². The molecule has 1 aromatic carbocycles. The molecule has 0 saturated carbocycles. The van der Waals surface area contributed by atoms with E-state index in [1.54, 1.807) is 6.07 Å². The predicted molar refractivity (Wildman–Crippen MR) is 101 cm³/mol. The van der Waals surface area contributed by atoms with Crippen molar-refractivity contribution in [3.8, 4) is 0 Å². The summed E-state index contributed by atoms with van der Waals surface area (Å²) >= 11 is 0. The molecule has 0 bridgehead atoms. The molecular formula is C19H31N3O2S. The summed E-state index contributed by atoms with van der Waals surface area (Å²) in [5, 5.41) is 0. The van der Waals surface area contributed by atoms with Crippen LogP contribution in [0.2, 0.25) is 0 Å². The van der Waals surface area contributed by atoms with E-state index in [-0.39, 0.29) is 6.04 Å². The highest BCUT2D eigenvalue weighted by Crippen LogP contribution is 2.24. The monoisotopic (exact) mass is 365 g/mol. The average Bonchev–Trinajstić information content (AvgIpc) is 2.66. The second-order valence-corrected chi connectivity index (χ2v) is 9.08. The van der Waals surface area contributed by atoms with Gasteiger partial charge in [-0.2, -0.15) is 0 Å². The zero-order valence-corrected chi connectivity index (χ0v) is 16.3. The number of hydrogen-bond acceptors (Lipinski definition) is 4. The van der Waals surface area contributed by atoms with E-state index < -0.39 is 10.0 Å². The zero-order chi connectivity index (χ0) is 17.9. The Labute approximate surface area is 152 Å². The first kappa shape index (κ1) is 18.8. The van der Waals surface area contributed by atoms with E-state index in [4.69, 9.17) is 0 Å². The fourth-order valence-electron chi connectivity index (χ4n) is 3.84. The molecule has 6 heteroatoms. The minimum absolute atomic E-state index is 0.214. The molecule has 1 heterocycles. The first-order valence-corrected chi connectivity index (χ1v) is 11.1. The Hall–Kier alpha value is -0.950. The van der Waals surface area contributed by atoms with Crippen LogP contribution < -0.4 is 4.72 Å². The van der Waals surface area contributed by atoms with Crippen LogP contribution in [0.1, 0.15) is 37.8 Å². The minimum Gasteiger partial charge on any atom is -0.301 e. The Morgan fingerprint density at radius 1 is 1.08 bits per heavy atom. The van der Waals surface area contributed by atoms with Gasteiger partial charge in [-0.05, 0) is 62.4 Å². The van der Waals surface area contributed by atoms with E-state index in [1.165, 1.54) is 17.5 Å². The maximum atomic E-state index is 12.7. The van der Waals surface area contributed by atoms with E-state index in [1.807, 2.05) is 12.1 Å². The summed E-state index contributed by atoms with van der Waals surface area (Å²) in [6.45, 7) is 10.0. The molecule has 0 unspecified atom stereocenters. The van der Waals surface area contributed by atoms with Crippen LogP contribution in [0.4, 0.5) is 0 Å². The van der Waals surface area contributed by atoms with Gasteiger partial charge < -0.3 is 4.90 Å². The molecule has 1 aliphatic heterocycles. The Morgan fingerprint density at radius 3 is 2.44 bits per heavy atom. The minimum atomic E-state index is -3.43. The van der Waals surface area contributed by atoms with Gasteiger partial charge in [-0.1, -0.05) is 13.0 Å². The van der Waals surface area contributed by atoms with Gasteiger partial charge in [0.25, 0.3) is 0 Å². The van der Waals surface area contributed by atoms with E-state index in [2.05, 4.69) is 28.4 Å². The van der Waals surface area contributed by atoms with Crippen LogP contribution in [0.15, 0.2) is 23.1 Å². The number of hydrogen-bond donors (Lipinski definition) is 1. The van der Waals surface area contributed by atoms with E-state index in [9.17, 15) is 8.42 Å². The summed E-state index contributed by atoms with van der Waals surface area (Å²) in [6, 6.07) is 5.85. The van der Waals surface area contributed by atoms with Crippen LogP contribution in [0.5, 0.6) is 0 Å². The number of likely N-dealkylation sites (N-methyl/N-ethyl adjacent to an activating group) is 1. The van der Waals surface area contributed by atoms with E-state index in [0.717, 1.165) is 52.0 Å². The standard InChI is InChI=1S/C19H31N3O2S/c1-3-21-10-12-22(13-11-21)16(2)15-20-25(23,24)19-9-8-17-6-4-5-7-18(17)14-19/h8-9,14,16,20H,3-7,10-13,15H2,1-2H3/t16-/m1/s1. The second kappa shape index (κ2) is 8.16. The smallest absolute Gasteiger partial charge is 0.240 e. The third kappa shape index (κ3) is 4.61. The molecule has 0 aromatic heterocycles. The Balaban J connectivity index is 1.58. The molecule has 3 rings (SSSR count). The Kier molecular flexibility index (Phi) is 6.15. The van der Waals surface area contributed by atoms with Crippen molar-refractivity contribution in [2.75, 3.05) is 39.3 Å². The SMILES string of the molecule is CCN1CCN([C@H](C)CNS(=O)(=O)c2ccc3c(c2)CCCC3)CC1. The molecular weight excluding hydrogens is 334 g/mol. The summed E-state index contributed by atoms with van der Waals surface area (Å²) in [4.78, 5) is 5.22. The topological polar surface area (TPSA) is 52.6 Å². The van der Waals surface area contributed by atoms with E-state index >= 15 is 0 Å². The molecule has 140 valence electrons. The number of aryl methyl sites for hydroxylation is 2. The highest BCUT2D eigenvalue weighted by molar-refractivity contribution is 7.89. The average molecular weight is 366 g/mol. The number of nitrogens with zero attached hydrogens (tertiary/aromatic N) is 2. The van der Waals surface area contributed by atoms with Gasteiger partial charge in [0.05, 0.1) is 4.90 Å². The molecule has 25 heavy (non-hydrogen) atoms. The summed E-state index contributed by atoms with van der Waals surface area (Å²) in [6.07, 6.45) is 4.44. The first-order chi connectivity index (χ1) is 12.0. The molecule has 0 radical (unpaired) electrons. The van der Waals surface area contributed by atoms with Gasteiger partial charge in [0.2, 0.25) is 10.0 Å². The normalized spacial score (nSPS) is 21.0. The lowest BCUT2D eigenvalue weighted by Gasteiger charge is -2.37. The van der Waals surface area contributed by atoms with Crippen LogP contribution >= 0.6 is 0 Å². The van der Waals surface area contributed by atoms with Crippen LogP contribution in [0.3, 0.4) is 0 Å². The fourth-order valence-corrected chi connectivity index (χ4v) is 5.01. The van der Waals surface area contributed by atoms with Crippen LogP contribution in [-0.4, -0.2) is 63.5 Å². The van der Waals surface area contributed by atoms with Crippen molar-refractivity contribution in [2.24, 2.45) is 0 Å². The third-order valence-corrected chi connectivity index (χ3v) is 7.10. The van der Waals surface area contributed by atoms with Gasteiger partial charge in [-0.15, -0.1) is 0 Å². The number of nitrogens with one attached hydrogen (secondary N) is 1. The second-order valence-electron chi connectivity index (χ2n) is 7.31. The number of fused-ring (bicyclic) bond motifs is 1. The molecule has 0 spiro atoms. The van der Waals surface area contributed by atoms with Crippen molar-refractivity contribution < 1.29 is 8.42 Å². The van der Waals surface area contributed by atoms with Crippen molar-refractivity contribution in [3.63, 3.8) is 0 Å². The molecule has 1 fully saturated rings. The maximum absolute atomic E-state index is 12.7. The van der Waals surface area contributed by atoms with Crippen molar-refractivity contribution >= 4 is 10.0 Å². The molecule has 1 N–H and O–H groups in total. The molecule has 1 aliphatic carbocycles. The largest absolute Gasteiger partial charge is 0.301 e. The van der Waals surface area contributed by atoms with Gasteiger partial charge in [-0.3, -0.25) is 4.90 Å². The molecule has 2 aliphatic rings. The molecule has 1 atom stereocenters. The number of rotatable bonds is 6. The van der Waals surface area contributed by atoms with Gasteiger partial charge >= 0.3 is 0 Å². The van der Waals surface area contributed by atoms with Crippen molar-refractivity contribution in [3.05, 3.63) is 29.3 Å². The third-order valence-electron chi connectivity index (χ3n) is 5.68. The molecule has 5 nitrogen and oxygen atoms in total. The molecule has 1 aromatic rings. The predicted octanol–water partition coefficient (Wildman–Crippen LogP) is 1.87. The maximum Gasteiger partial charge on any atom is 0.240 e. The van der Waals surface area contributed by atoms with Crippen molar-refractivity contribution in [2.45, 2.75) is 50.5 Å². The Bertz CT molecular complexity index is 682. The summed E-state index contributed by atoms with van der Waals surface area (Å²) in [7, 11) is -3.43. The Morgan fingerprint density at radius 2 is 1.76 bits per heavy atom. The van der Waals surface area contributed by atoms with Crippen molar-refractivity contribution in [1.82, 2.24) is 14.5 Å². The molecule has 1 saturated heterocycles. The number of benzene rings is 1. The number of piperazine rings is 1. The highest BCUT2D eigenvalue weighted by atomic mass is 32.2. The van der Waals surface area contributed by atoms with Crippen molar-refractivity contribution in [1.29, 1.82) is 0 Å². The van der Waals surface area contributed by atoms with Crippen LogP contribution in [-0.2, 0) is 22.9 Å². The quantitative estimate of drug-likeness (QED) is 0.836. The van der Waals surface area contributed by atoms with Gasteiger partial charge in [0, 0.05) is 38.8 Å². The zero-order valence-electron chi connectivity index (χ0n) is 15.5. The summed E-state index contributed by atoms with van der Waals surface area (Å²) < 4.78 is 28.2. The van der Waals surface area contributed by atoms with Crippen LogP contribution in [0.25, 0.3) is 0 Å². The summed E-state index contributed by atoms with van der Waals surface area (Å²) in [5.41, 5.74) is 2.52. The fraction of sp³-hybridized carbons (Fsp3) is 0.684. The lowest BCUT2D eigenvalue weighted by atomic mass is 9.92. The van der Waals surface area contributed by atoms with E-state index in [0.29, 0.717) is 11.4 Å². The van der Waals surface area contributed by atoms with Gasteiger partial charge in [-0.25, -0.2) is 13.1 Å². The first-order valence-electron chi connectivity index (χ1n) is 9.57. The van der Waals surface area contributed by atoms with Gasteiger partial charge in [0.1, 0.15) is 0 Å². The lowest BCUT2D eigenvalue weighted by molar-refractivity contribution is 0.107. The molecule has 0 amide bonds. The number of sulfonamides is 1. The summed E-state index contributed by atoms with van der Waals surface area (Å²) in [5.74, 6) is 0. The highest BCUT2D eigenvalue weighted by Gasteiger charge is 2.23. The van der Waals surface area contributed by atoms with Crippen LogP contribution in [0, 0.1) is 0 Å². The lowest BCUT2D eigenvalue weighted by Crippen LogP contribution is -2.52.